The Bertz CT molecular complexity index is 1170. The molecule has 4 N–H and O–H groups in total. The SMILES string of the molecule is NC(=O)c1ccc(NC(=O)[C@H](Cc2ccccc2)NS(=O)(=O)c2ccc(Cl)cc2)cc1. The van der Waals surface area contributed by atoms with Crippen LogP contribution in [-0.2, 0) is 21.2 Å². The fourth-order valence-corrected chi connectivity index (χ4v) is 4.18. The Morgan fingerprint density at radius 3 is 2.10 bits per heavy atom. The highest BCUT2D eigenvalue weighted by Gasteiger charge is 2.26. The van der Waals surface area contributed by atoms with E-state index in [9.17, 15) is 18.0 Å². The second-order valence-electron chi connectivity index (χ2n) is 6.75. The van der Waals surface area contributed by atoms with Gasteiger partial charge in [-0.25, -0.2) is 8.42 Å². The molecule has 1 atom stereocenters. The van der Waals surface area contributed by atoms with Crippen LogP contribution in [-0.4, -0.2) is 26.3 Å². The van der Waals surface area contributed by atoms with Crippen molar-refractivity contribution in [2.45, 2.75) is 17.4 Å². The maximum atomic E-state index is 12.9. The Hall–Kier alpha value is -3.20. The van der Waals surface area contributed by atoms with E-state index in [0.29, 0.717) is 16.3 Å². The monoisotopic (exact) mass is 457 g/mol. The molecule has 31 heavy (non-hydrogen) atoms. The minimum absolute atomic E-state index is 0.00595. The smallest absolute Gasteiger partial charge is 0.248 e. The highest BCUT2D eigenvalue weighted by Crippen LogP contribution is 2.16. The van der Waals surface area contributed by atoms with Crippen LogP contribution in [0, 0.1) is 0 Å². The van der Waals surface area contributed by atoms with Crippen LogP contribution in [0.1, 0.15) is 15.9 Å². The molecule has 7 nitrogen and oxygen atoms in total. The zero-order valence-electron chi connectivity index (χ0n) is 16.3. The van der Waals surface area contributed by atoms with Crippen molar-refractivity contribution in [1.82, 2.24) is 4.72 Å². The third-order valence-corrected chi connectivity index (χ3v) is 6.20. The summed E-state index contributed by atoms with van der Waals surface area (Å²) in [5.41, 5.74) is 6.70. The highest BCUT2D eigenvalue weighted by atomic mass is 35.5. The number of halogens is 1. The molecule has 0 aromatic heterocycles. The van der Waals surface area contributed by atoms with E-state index in [1.807, 2.05) is 6.07 Å². The molecule has 3 rings (SSSR count). The maximum Gasteiger partial charge on any atom is 0.248 e. The summed E-state index contributed by atoms with van der Waals surface area (Å²) in [6, 6.07) is 19.6. The van der Waals surface area contributed by atoms with Crippen molar-refractivity contribution in [3.8, 4) is 0 Å². The number of nitrogens with one attached hydrogen (secondary N) is 2. The molecule has 0 radical (unpaired) electrons. The zero-order valence-corrected chi connectivity index (χ0v) is 17.9. The number of carbonyl (C=O) groups excluding carboxylic acids is 2. The lowest BCUT2D eigenvalue weighted by Gasteiger charge is -2.19. The van der Waals surface area contributed by atoms with E-state index < -0.39 is 27.9 Å². The molecular weight excluding hydrogens is 438 g/mol. The van der Waals surface area contributed by atoms with Crippen molar-refractivity contribution in [3.05, 3.63) is 95.0 Å². The molecule has 3 aromatic carbocycles. The first-order valence-corrected chi connectivity index (χ1v) is 11.1. The number of nitrogens with two attached hydrogens (primary N) is 1. The summed E-state index contributed by atoms with van der Waals surface area (Å²) in [6.07, 6.45) is 0.138. The van der Waals surface area contributed by atoms with Gasteiger partial charge in [-0.15, -0.1) is 0 Å². The third-order valence-electron chi connectivity index (χ3n) is 4.46. The number of sulfonamides is 1. The van der Waals surface area contributed by atoms with E-state index in [4.69, 9.17) is 17.3 Å². The molecule has 0 fully saturated rings. The van der Waals surface area contributed by atoms with E-state index in [-0.39, 0.29) is 11.3 Å². The summed E-state index contributed by atoms with van der Waals surface area (Å²) >= 11 is 5.84. The fraction of sp³-hybridized carbons (Fsp3) is 0.0909. The lowest BCUT2D eigenvalue weighted by Crippen LogP contribution is -2.45. The van der Waals surface area contributed by atoms with Crippen molar-refractivity contribution >= 4 is 39.1 Å². The van der Waals surface area contributed by atoms with Crippen molar-refractivity contribution in [2.75, 3.05) is 5.32 Å². The van der Waals surface area contributed by atoms with Crippen molar-refractivity contribution in [2.24, 2.45) is 5.73 Å². The first-order chi connectivity index (χ1) is 14.7. The number of anilines is 1. The number of carbonyl (C=O) groups is 2. The molecule has 0 saturated heterocycles. The van der Waals surface area contributed by atoms with Crippen LogP contribution in [0.5, 0.6) is 0 Å². The molecule has 0 bridgehead atoms. The first kappa shape index (κ1) is 22.5. The Balaban J connectivity index is 1.83. The second kappa shape index (κ2) is 9.74. The van der Waals surface area contributed by atoms with E-state index in [2.05, 4.69) is 10.0 Å². The van der Waals surface area contributed by atoms with Gasteiger partial charge in [-0.05, 0) is 60.5 Å². The first-order valence-electron chi connectivity index (χ1n) is 9.27. The van der Waals surface area contributed by atoms with Crippen LogP contribution >= 0.6 is 11.6 Å². The minimum Gasteiger partial charge on any atom is -0.366 e. The van der Waals surface area contributed by atoms with Gasteiger partial charge in [0.15, 0.2) is 0 Å². The summed E-state index contributed by atoms with van der Waals surface area (Å²) in [5.74, 6) is -1.14. The standard InChI is InChI=1S/C22H20ClN3O4S/c23-17-8-12-19(13-9-17)31(29,30)26-20(14-15-4-2-1-3-5-15)22(28)25-18-10-6-16(7-11-18)21(24)27/h1-13,20,26H,14H2,(H2,24,27)(H,25,28)/t20-/m0/s1. The molecular formula is C22H20ClN3O4S. The van der Waals surface area contributed by atoms with Gasteiger partial charge in [0.2, 0.25) is 21.8 Å². The fourth-order valence-electron chi connectivity index (χ4n) is 2.85. The topological polar surface area (TPSA) is 118 Å². The van der Waals surface area contributed by atoms with Crippen LogP contribution in [0.3, 0.4) is 0 Å². The van der Waals surface area contributed by atoms with Gasteiger partial charge in [-0.3, -0.25) is 9.59 Å². The van der Waals surface area contributed by atoms with E-state index in [1.54, 1.807) is 24.3 Å². The van der Waals surface area contributed by atoms with Gasteiger partial charge in [0.05, 0.1) is 4.90 Å². The molecule has 2 amide bonds. The maximum absolute atomic E-state index is 12.9. The Labute approximate surface area is 185 Å². The summed E-state index contributed by atoms with van der Waals surface area (Å²) < 4.78 is 28.1. The van der Waals surface area contributed by atoms with Gasteiger partial charge in [-0.1, -0.05) is 41.9 Å². The molecule has 160 valence electrons. The van der Waals surface area contributed by atoms with Gasteiger partial charge in [0, 0.05) is 16.3 Å². The minimum atomic E-state index is -3.98. The average molecular weight is 458 g/mol. The summed E-state index contributed by atoms with van der Waals surface area (Å²) in [5, 5.41) is 3.07. The van der Waals surface area contributed by atoms with E-state index >= 15 is 0 Å². The van der Waals surface area contributed by atoms with Crippen LogP contribution in [0.25, 0.3) is 0 Å². The molecule has 3 aromatic rings. The predicted molar refractivity (Wildman–Crippen MR) is 119 cm³/mol. The number of hydrogen-bond donors (Lipinski definition) is 3. The molecule has 9 heteroatoms. The average Bonchev–Trinajstić information content (AvgIpc) is 2.74. The van der Waals surface area contributed by atoms with Crippen molar-refractivity contribution in [3.63, 3.8) is 0 Å². The third kappa shape index (κ3) is 6.14. The van der Waals surface area contributed by atoms with Crippen LogP contribution in [0.4, 0.5) is 5.69 Å². The Morgan fingerprint density at radius 1 is 0.903 bits per heavy atom. The van der Waals surface area contributed by atoms with Crippen LogP contribution in [0.2, 0.25) is 5.02 Å². The van der Waals surface area contributed by atoms with Gasteiger partial charge in [0.1, 0.15) is 6.04 Å². The normalized spacial score (nSPS) is 12.2. The van der Waals surface area contributed by atoms with Crippen molar-refractivity contribution < 1.29 is 18.0 Å². The molecule has 0 aliphatic carbocycles. The lowest BCUT2D eigenvalue weighted by atomic mass is 10.1. The number of primary amides is 1. The number of benzene rings is 3. The number of hydrogen-bond acceptors (Lipinski definition) is 4. The van der Waals surface area contributed by atoms with Crippen molar-refractivity contribution in [1.29, 1.82) is 0 Å². The van der Waals surface area contributed by atoms with Crippen LogP contribution in [0.15, 0.2) is 83.8 Å². The zero-order chi connectivity index (χ0) is 22.4. The van der Waals surface area contributed by atoms with Gasteiger partial charge < -0.3 is 11.1 Å². The van der Waals surface area contributed by atoms with E-state index in [0.717, 1.165) is 5.56 Å². The highest BCUT2D eigenvalue weighted by molar-refractivity contribution is 7.89. The quantitative estimate of drug-likeness (QED) is 0.481. The van der Waals surface area contributed by atoms with E-state index in [1.165, 1.54) is 48.5 Å². The summed E-state index contributed by atoms with van der Waals surface area (Å²) in [6.45, 7) is 0. The molecule has 0 heterocycles. The number of amides is 2. The number of rotatable bonds is 8. The summed E-state index contributed by atoms with van der Waals surface area (Å²) in [4.78, 5) is 24.2. The van der Waals surface area contributed by atoms with Gasteiger partial charge in [-0.2, -0.15) is 4.72 Å². The van der Waals surface area contributed by atoms with Gasteiger partial charge >= 0.3 is 0 Å². The molecule has 0 saturated carbocycles. The molecule has 0 unspecified atom stereocenters. The predicted octanol–water partition coefficient (Wildman–Crippen LogP) is 2.97. The molecule has 0 spiro atoms. The molecule has 0 aliphatic heterocycles. The molecule has 0 aliphatic rings. The van der Waals surface area contributed by atoms with Gasteiger partial charge in [0.25, 0.3) is 0 Å². The lowest BCUT2D eigenvalue weighted by molar-refractivity contribution is -0.117. The largest absolute Gasteiger partial charge is 0.366 e. The Kier molecular flexibility index (Phi) is 7.06. The van der Waals surface area contributed by atoms with Crippen LogP contribution < -0.4 is 15.8 Å². The second-order valence-corrected chi connectivity index (χ2v) is 8.90. The summed E-state index contributed by atoms with van der Waals surface area (Å²) in [7, 11) is -3.98. The Morgan fingerprint density at radius 2 is 1.52 bits per heavy atom.